The molecule has 1 N–H and O–H groups in total. The van der Waals surface area contributed by atoms with E-state index in [-0.39, 0.29) is 29.9 Å². The van der Waals surface area contributed by atoms with E-state index in [0.717, 1.165) is 27.9 Å². The fourth-order valence-electron chi connectivity index (χ4n) is 3.19. The number of amides is 1. The normalized spacial score (nSPS) is 12.1. The first-order chi connectivity index (χ1) is 15.0. The van der Waals surface area contributed by atoms with Crippen molar-refractivity contribution < 1.29 is 23.9 Å². The van der Waals surface area contributed by atoms with E-state index in [1.807, 2.05) is 25.1 Å². The minimum absolute atomic E-state index is 0.113. The highest BCUT2D eigenvalue weighted by Crippen LogP contribution is 2.37. The molecule has 2 aromatic carbocycles. The first-order valence-electron chi connectivity index (χ1n) is 9.47. The van der Waals surface area contributed by atoms with E-state index in [1.165, 1.54) is 37.1 Å². The summed E-state index contributed by atoms with van der Waals surface area (Å²) in [4.78, 5) is 27.6. The van der Waals surface area contributed by atoms with Crippen LogP contribution in [0.3, 0.4) is 0 Å². The van der Waals surface area contributed by atoms with Crippen molar-refractivity contribution in [2.24, 2.45) is 0 Å². The van der Waals surface area contributed by atoms with E-state index < -0.39 is 4.92 Å². The Morgan fingerprint density at radius 1 is 1.26 bits per heavy atom. The predicted octanol–water partition coefficient (Wildman–Crippen LogP) is 4.17. The molecule has 2 heterocycles. The number of anilines is 1. The van der Waals surface area contributed by atoms with Crippen LogP contribution in [-0.2, 0) is 11.2 Å². The molecule has 0 aliphatic carbocycles. The van der Waals surface area contributed by atoms with Crippen molar-refractivity contribution in [2.45, 2.75) is 18.4 Å². The van der Waals surface area contributed by atoms with Crippen LogP contribution in [0.5, 0.6) is 17.2 Å². The van der Waals surface area contributed by atoms with Crippen LogP contribution in [0.25, 0.3) is 10.9 Å². The van der Waals surface area contributed by atoms with E-state index >= 15 is 0 Å². The van der Waals surface area contributed by atoms with E-state index in [9.17, 15) is 14.9 Å². The first kappa shape index (κ1) is 20.7. The van der Waals surface area contributed by atoms with Gasteiger partial charge in [-0.05, 0) is 30.2 Å². The zero-order valence-corrected chi connectivity index (χ0v) is 17.7. The van der Waals surface area contributed by atoms with Gasteiger partial charge < -0.3 is 19.5 Å². The number of nitrogens with zero attached hydrogens (tertiary/aromatic N) is 2. The van der Waals surface area contributed by atoms with Crippen molar-refractivity contribution in [3.63, 3.8) is 0 Å². The van der Waals surface area contributed by atoms with Crippen LogP contribution in [0.2, 0.25) is 0 Å². The summed E-state index contributed by atoms with van der Waals surface area (Å²) in [5.74, 6) is 1.43. The van der Waals surface area contributed by atoms with Crippen LogP contribution in [0.1, 0.15) is 12.5 Å². The molecule has 0 fully saturated rings. The molecule has 1 aliphatic rings. The van der Waals surface area contributed by atoms with Crippen LogP contribution >= 0.6 is 11.8 Å². The highest BCUT2D eigenvalue weighted by Gasteiger charge is 2.18. The number of nitro groups is 1. The average molecular weight is 441 g/mol. The Morgan fingerprint density at radius 3 is 2.74 bits per heavy atom. The summed E-state index contributed by atoms with van der Waals surface area (Å²) >= 11 is 1.32. The average Bonchev–Trinajstić information content (AvgIpc) is 3.22. The molecule has 1 aliphatic heterocycles. The monoisotopic (exact) mass is 441 g/mol. The molecule has 10 heteroatoms. The van der Waals surface area contributed by atoms with Crippen LogP contribution in [0, 0.1) is 10.1 Å². The van der Waals surface area contributed by atoms with Gasteiger partial charge >= 0.3 is 0 Å². The molecule has 0 bridgehead atoms. The second-order valence-corrected chi connectivity index (χ2v) is 7.65. The second kappa shape index (κ2) is 8.68. The van der Waals surface area contributed by atoms with Crippen molar-refractivity contribution in [1.82, 2.24) is 4.98 Å². The maximum Gasteiger partial charge on any atom is 0.273 e. The second-order valence-electron chi connectivity index (χ2n) is 6.68. The highest BCUT2D eigenvalue weighted by molar-refractivity contribution is 8.00. The summed E-state index contributed by atoms with van der Waals surface area (Å²) < 4.78 is 16.0. The standard InChI is InChI=1S/C21H19N3O6S/c1-3-12-6-13-7-18-19(30-11-29-18)9-16(13)23-21(12)31-10-20(25)22-15-5-4-14(24(26)27)8-17(15)28-2/h4-9H,3,10-11H2,1-2H3,(H,22,25). The van der Waals surface area contributed by atoms with Crippen molar-refractivity contribution in [1.29, 1.82) is 0 Å². The van der Waals surface area contributed by atoms with Gasteiger partial charge in [-0.3, -0.25) is 14.9 Å². The van der Waals surface area contributed by atoms with Crippen molar-refractivity contribution >= 4 is 39.9 Å². The van der Waals surface area contributed by atoms with E-state index in [2.05, 4.69) is 5.32 Å². The summed E-state index contributed by atoms with van der Waals surface area (Å²) in [7, 11) is 1.39. The lowest BCUT2D eigenvalue weighted by Gasteiger charge is -2.11. The van der Waals surface area contributed by atoms with Gasteiger partial charge in [0.05, 0.1) is 35.1 Å². The summed E-state index contributed by atoms with van der Waals surface area (Å²) in [6.07, 6.45) is 0.761. The molecule has 1 amide bonds. The molecule has 4 rings (SSSR count). The van der Waals surface area contributed by atoms with Crippen molar-refractivity contribution in [3.8, 4) is 17.2 Å². The fraction of sp³-hybridized carbons (Fsp3) is 0.238. The van der Waals surface area contributed by atoms with E-state index in [4.69, 9.17) is 19.2 Å². The zero-order valence-electron chi connectivity index (χ0n) is 16.8. The Morgan fingerprint density at radius 2 is 2.03 bits per heavy atom. The lowest BCUT2D eigenvalue weighted by molar-refractivity contribution is -0.384. The molecule has 0 spiro atoms. The lowest BCUT2D eigenvalue weighted by Crippen LogP contribution is -2.15. The summed E-state index contributed by atoms with van der Waals surface area (Å²) in [6.45, 7) is 2.22. The van der Waals surface area contributed by atoms with Gasteiger partial charge in [-0.1, -0.05) is 18.7 Å². The van der Waals surface area contributed by atoms with Crippen molar-refractivity contribution in [2.75, 3.05) is 25.0 Å². The van der Waals surface area contributed by atoms with E-state index in [1.54, 1.807) is 0 Å². The molecule has 0 unspecified atom stereocenters. The Kier molecular flexibility index (Phi) is 5.81. The highest BCUT2D eigenvalue weighted by atomic mass is 32.2. The number of pyridine rings is 1. The van der Waals surface area contributed by atoms with Crippen LogP contribution in [0.4, 0.5) is 11.4 Å². The maximum atomic E-state index is 12.5. The number of benzene rings is 2. The predicted molar refractivity (Wildman–Crippen MR) is 116 cm³/mol. The number of fused-ring (bicyclic) bond motifs is 2. The molecule has 0 atom stereocenters. The third-order valence-electron chi connectivity index (χ3n) is 4.74. The molecule has 1 aromatic heterocycles. The van der Waals surface area contributed by atoms with Crippen LogP contribution < -0.4 is 19.5 Å². The molecule has 3 aromatic rings. The number of nitro benzene ring substituents is 1. The molecule has 0 saturated carbocycles. The van der Waals surface area contributed by atoms with E-state index in [0.29, 0.717) is 17.2 Å². The Bertz CT molecular complexity index is 1180. The number of non-ortho nitro benzene ring substituents is 1. The van der Waals surface area contributed by atoms with Gasteiger partial charge in [0, 0.05) is 17.5 Å². The number of ether oxygens (including phenoxy) is 3. The number of carbonyl (C=O) groups excluding carboxylic acids is 1. The molecule has 0 radical (unpaired) electrons. The minimum Gasteiger partial charge on any atom is -0.494 e. The molecule has 160 valence electrons. The Labute approximate surface area is 181 Å². The largest absolute Gasteiger partial charge is 0.494 e. The smallest absolute Gasteiger partial charge is 0.273 e. The number of carbonyl (C=O) groups is 1. The third-order valence-corrected chi connectivity index (χ3v) is 5.77. The van der Waals surface area contributed by atoms with Crippen LogP contribution in [-0.4, -0.2) is 35.5 Å². The number of rotatable bonds is 7. The Hall–Kier alpha value is -3.53. The zero-order chi connectivity index (χ0) is 22.0. The van der Waals surface area contributed by atoms with Gasteiger partial charge in [0.2, 0.25) is 12.7 Å². The number of hydrogen-bond acceptors (Lipinski definition) is 8. The minimum atomic E-state index is -0.520. The topological polar surface area (TPSA) is 113 Å². The van der Waals surface area contributed by atoms with Gasteiger partial charge in [0.25, 0.3) is 5.69 Å². The SMILES string of the molecule is CCc1cc2cc3c(cc2nc1SCC(=O)Nc1ccc([N+](=O)[O-])cc1OC)OCO3. The number of nitrogens with one attached hydrogen (secondary N) is 1. The lowest BCUT2D eigenvalue weighted by atomic mass is 10.1. The first-order valence-corrected chi connectivity index (χ1v) is 10.5. The Balaban J connectivity index is 1.50. The summed E-state index contributed by atoms with van der Waals surface area (Å²) in [5, 5.41) is 15.4. The van der Waals surface area contributed by atoms with Gasteiger partial charge in [0.15, 0.2) is 11.5 Å². The third kappa shape index (κ3) is 4.33. The van der Waals surface area contributed by atoms with Crippen LogP contribution in [0.15, 0.2) is 41.4 Å². The quantitative estimate of drug-likeness (QED) is 0.330. The van der Waals surface area contributed by atoms with Crippen molar-refractivity contribution in [3.05, 3.63) is 52.1 Å². The van der Waals surface area contributed by atoms with Gasteiger partial charge in [-0.15, -0.1) is 0 Å². The molecular formula is C21H19N3O6S. The number of hydrogen-bond donors (Lipinski definition) is 1. The number of aryl methyl sites for hydroxylation is 1. The maximum absolute atomic E-state index is 12.5. The molecule has 0 saturated heterocycles. The molecule has 31 heavy (non-hydrogen) atoms. The number of methoxy groups -OCH3 is 1. The van der Waals surface area contributed by atoms with Gasteiger partial charge in [-0.25, -0.2) is 4.98 Å². The summed E-state index contributed by atoms with van der Waals surface area (Å²) in [5.41, 5.74) is 2.05. The van der Waals surface area contributed by atoms with Gasteiger partial charge in [0.1, 0.15) is 10.8 Å². The number of aromatic nitrogens is 1. The molecular weight excluding hydrogens is 422 g/mol. The number of thioether (sulfide) groups is 1. The summed E-state index contributed by atoms with van der Waals surface area (Å²) in [6, 6.07) is 9.83. The van der Waals surface area contributed by atoms with Gasteiger partial charge in [-0.2, -0.15) is 0 Å². The fourth-order valence-corrected chi connectivity index (χ4v) is 4.08. The molecule has 9 nitrogen and oxygen atoms in total.